The molecule has 7 nitrogen and oxygen atoms in total. The molecule has 1 aliphatic rings. The van der Waals surface area contributed by atoms with Crippen LogP contribution in [-0.2, 0) is 4.79 Å². The highest BCUT2D eigenvalue weighted by Gasteiger charge is 2.26. The number of carbonyl (C=O) groups is 1. The van der Waals surface area contributed by atoms with Crippen LogP contribution in [0.5, 0.6) is 0 Å². The highest BCUT2D eigenvalue weighted by atomic mass is 32.1. The third-order valence-corrected chi connectivity index (χ3v) is 5.31. The Bertz CT molecular complexity index is 862. The van der Waals surface area contributed by atoms with Crippen LogP contribution >= 0.6 is 11.3 Å². The number of pyridine rings is 1. The minimum absolute atomic E-state index is 0.00556. The zero-order chi connectivity index (χ0) is 17.8. The van der Waals surface area contributed by atoms with Crippen molar-refractivity contribution >= 4 is 28.9 Å². The molecule has 1 saturated heterocycles. The molecule has 26 heavy (non-hydrogen) atoms. The predicted molar refractivity (Wildman–Crippen MR) is 101 cm³/mol. The van der Waals surface area contributed by atoms with E-state index in [1.165, 1.54) is 11.3 Å². The summed E-state index contributed by atoms with van der Waals surface area (Å²) in [6.45, 7) is 1.60. The first kappa shape index (κ1) is 16.6. The number of amides is 1. The molecule has 1 aliphatic heterocycles. The van der Waals surface area contributed by atoms with E-state index < -0.39 is 0 Å². The van der Waals surface area contributed by atoms with E-state index >= 15 is 0 Å². The molecule has 0 saturated carbocycles. The highest BCUT2D eigenvalue weighted by molar-refractivity contribution is 7.13. The van der Waals surface area contributed by atoms with Gasteiger partial charge in [-0.3, -0.25) is 14.8 Å². The summed E-state index contributed by atoms with van der Waals surface area (Å²) in [5, 5.41) is 5.71. The third-order valence-electron chi connectivity index (χ3n) is 4.42. The van der Waals surface area contributed by atoms with Crippen molar-refractivity contribution in [2.75, 3.05) is 23.3 Å². The quantitative estimate of drug-likeness (QED) is 0.764. The lowest BCUT2D eigenvalue weighted by Crippen LogP contribution is -2.38. The van der Waals surface area contributed by atoms with E-state index in [2.05, 4.69) is 30.2 Å². The van der Waals surface area contributed by atoms with Gasteiger partial charge in [-0.25, -0.2) is 9.97 Å². The molecule has 1 N–H and O–H groups in total. The van der Waals surface area contributed by atoms with Gasteiger partial charge in [-0.05, 0) is 25.0 Å². The van der Waals surface area contributed by atoms with Crippen LogP contribution in [0.3, 0.4) is 0 Å². The maximum Gasteiger partial charge on any atom is 0.228 e. The number of hydrogen-bond acceptors (Lipinski definition) is 7. The van der Waals surface area contributed by atoms with Gasteiger partial charge in [0.2, 0.25) is 5.91 Å². The van der Waals surface area contributed by atoms with E-state index in [0.717, 1.165) is 42.3 Å². The van der Waals surface area contributed by atoms with Crippen molar-refractivity contribution in [1.29, 1.82) is 0 Å². The first-order valence-corrected chi connectivity index (χ1v) is 9.35. The summed E-state index contributed by atoms with van der Waals surface area (Å²) in [4.78, 5) is 31.7. The van der Waals surface area contributed by atoms with Crippen LogP contribution in [0.15, 0.2) is 48.5 Å². The topological polar surface area (TPSA) is 83.9 Å². The van der Waals surface area contributed by atoms with Crippen molar-refractivity contribution in [1.82, 2.24) is 19.9 Å². The molecule has 0 radical (unpaired) electrons. The third kappa shape index (κ3) is 3.70. The van der Waals surface area contributed by atoms with Crippen LogP contribution in [0, 0.1) is 5.92 Å². The number of piperidine rings is 1. The largest absolute Gasteiger partial charge is 0.355 e. The number of rotatable bonds is 4. The number of hydrogen-bond donors (Lipinski definition) is 1. The highest BCUT2D eigenvalue weighted by Crippen LogP contribution is 2.27. The molecule has 3 aromatic rings. The van der Waals surface area contributed by atoms with Gasteiger partial charge in [0.1, 0.15) is 16.6 Å². The molecule has 8 heteroatoms. The number of nitrogens with zero attached hydrogens (tertiary/aromatic N) is 5. The Morgan fingerprint density at radius 1 is 1.12 bits per heavy atom. The van der Waals surface area contributed by atoms with Gasteiger partial charge in [0.25, 0.3) is 0 Å². The summed E-state index contributed by atoms with van der Waals surface area (Å²) in [6, 6.07) is 3.82. The number of nitrogens with one attached hydrogen (secondary N) is 1. The molecular formula is C18H18N6OS. The second-order valence-electron chi connectivity index (χ2n) is 6.09. The van der Waals surface area contributed by atoms with Crippen molar-refractivity contribution in [2.45, 2.75) is 12.8 Å². The van der Waals surface area contributed by atoms with Crippen LogP contribution in [-0.4, -0.2) is 38.9 Å². The van der Waals surface area contributed by atoms with Crippen molar-refractivity contribution in [3.05, 3.63) is 48.5 Å². The lowest BCUT2D eigenvalue weighted by Gasteiger charge is -2.31. The van der Waals surface area contributed by atoms with Gasteiger partial charge in [-0.15, -0.1) is 11.3 Å². The lowest BCUT2D eigenvalue weighted by atomic mass is 9.96. The van der Waals surface area contributed by atoms with Crippen LogP contribution in [0.4, 0.5) is 11.6 Å². The Morgan fingerprint density at radius 3 is 2.65 bits per heavy atom. The standard InChI is InChI=1S/C18H18N6OS/c25-17(13-3-9-24(10-4-13)16-11-20-7-8-21-16)22-15-12-26-18(23-15)14-1-5-19-6-2-14/h1-2,5-8,11-13H,3-4,9-10H2,(H,22,25). The molecule has 132 valence electrons. The number of thiazole rings is 1. The molecule has 4 rings (SSSR count). The number of aromatic nitrogens is 4. The average Bonchev–Trinajstić information content (AvgIpc) is 3.18. The Morgan fingerprint density at radius 2 is 1.92 bits per heavy atom. The summed E-state index contributed by atoms with van der Waals surface area (Å²) >= 11 is 1.51. The fraction of sp³-hybridized carbons (Fsp3) is 0.278. The van der Waals surface area contributed by atoms with Crippen LogP contribution in [0.1, 0.15) is 12.8 Å². The van der Waals surface area contributed by atoms with Gasteiger partial charge in [-0.2, -0.15) is 0 Å². The van der Waals surface area contributed by atoms with Crippen LogP contribution in [0.25, 0.3) is 10.6 Å². The summed E-state index contributed by atoms with van der Waals surface area (Å²) in [5.74, 6) is 1.51. The molecular weight excluding hydrogens is 348 g/mol. The van der Waals surface area contributed by atoms with E-state index in [0.29, 0.717) is 5.82 Å². The van der Waals surface area contributed by atoms with E-state index in [4.69, 9.17) is 0 Å². The molecule has 0 aromatic carbocycles. The van der Waals surface area contributed by atoms with E-state index in [-0.39, 0.29) is 11.8 Å². The van der Waals surface area contributed by atoms with Crippen LogP contribution in [0.2, 0.25) is 0 Å². The Labute approximate surface area is 155 Å². The molecule has 1 amide bonds. The SMILES string of the molecule is O=C(Nc1csc(-c2ccncc2)n1)C1CCN(c2cnccn2)CC1. The Hall–Kier alpha value is -2.87. The summed E-state index contributed by atoms with van der Waals surface area (Å²) in [5.41, 5.74) is 1.00. The minimum Gasteiger partial charge on any atom is -0.355 e. The lowest BCUT2D eigenvalue weighted by molar-refractivity contribution is -0.120. The smallest absolute Gasteiger partial charge is 0.228 e. The van der Waals surface area contributed by atoms with Crippen molar-refractivity contribution in [3.63, 3.8) is 0 Å². The molecule has 4 heterocycles. The summed E-state index contributed by atoms with van der Waals surface area (Å²) < 4.78 is 0. The molecule has 0 spiro atoms. The summed E-state index contributed by atoms with van der Waals surface area (Å²) in [6.07, 6.45) is 10.2. The molecule has 0 aliphatic carbocycles. The average molecular weight is 366 g/mol. The zero-order valence-corrected chi connectivity index (χ0v) is 14.9. The number of carbonyl (C=O) groups excluding carboxylic acids is 1. The van der Waals surface area contributed by atoms with Gasteiger partial charge >= 0.3 is 0 Å². The second-order valence-corrected chi connectivity index (χ2v) is 6.95. The molecule has 1 fully saturated rings. The summed E-state index contributed by atoms with van der Waals surface area (Å²) in [7, 11) is 0. The Balaban J connectivity index is 1.34. The van der Waals surface area contributed by atoms with E-state index in [9.17, 15) is 4.79 Å². The first-order valence-electron chi connectivity index (χ1n) is 8.47. The molecule has 3 aromatic heterocycles. The van der Waals surface area contributed by atoms with Gasteiger partial charge in [-0.1, -0.05) is 0 Å². The van der Waals surface area contributed by atoms with E-state index in [1.807, 2.05) is 17.5 Å². The molecule has 0 atom stereocenters. The van der Waals surface area contributed by atoms with Gasteiger partial charge in [0, 0.05) is 54.7 Å². The zero-order valence-electron chi connectivity index (χ0n) is 14.1. The molecule has 0 bridgehead atoms. The van der Waals surface area contributed by atoms with Gasteiger partial charge < -0.3 is 10.2 Å². The van der Waals surface area contributed by atoms with Crippen molar-refractivity contribution in [3.8, 4) is 10.6 Å². The predicted octanol–water partition coefficient (Wildman–Crippen LogP) is 2.85. The maximum absolute atomic E-state index is 12.6. The normalized spacial score (nSPS) is 15.0. The van der Waals surface area contributed by atoms with Gasteiger partial charge in [0.15, 0.2) is 0 Å². The fourth-order valence-electron chi connectivity index (χ4n) is 3.01. The van der Waals surface area contributed by atoms with Crippen molar-refractivity contribution < 1.29 is 4.79 Å². The monoisotopic (exact) mass is 366 g/mol. The number of anilines is 2. The van der Waals surface area contributed by atoms with Crippen molar-refractivity contribution in [2.24, 2.45) is 5.92 Å². The second kappa shape index (κ2) is 7.57. The fourth-order valence-corrected chi connectivity index (χ4v) is 3.77. The molecule has 0 unspecified atom stereocenters. The Kier molecular flexibility index (Phi) is 4.83. The minimum atomic E-state index is -0.00556. The first-order chi connectivity index (χ1) is 12.8. The van der Waals surface area contributed by atoms with E-state index in [1.54, 1.807) is 31.0 Å². The maximum atomic E-state index is 12.6. The van der Waals surface area contributed by atoms with Gasteiger partial charge in [0.05, 0.1) is 6.20 Å². The van der Waals surface area contributed by atoms with Crippen LogP contribution < -0.4 is 10.2 Å².